The highest BCUT2D eigenvalue weighted by molar-refractivity contribution is 6.14. The topological polar surface area (TPSA) is 8.17 Å². The maximum Gasteiger partial charge on any atom is 0.0754 e. The molecular formula is C64H44N2. The first-order valence-corrected chi connectivity index (χ1v) is 23.2. The van der Waals surface area contributed by atoms with Gasteiger partial charge in [0.15, 0.2) is 0 Å². The molecule has 310 valence electrons. The fourth-order valence-corrected chi connectivity index (χ4v) is 12.5. The van der Waals surface area contributed by atoms with E-state index in [2.05, 4.69) is 254 Å². The van der Waals surface area contributed by atoms with Crippen molar-refractivity contribution in [3.8, 4) is 50.2 Å². The van der Waals surface area contributed by atoms with E-state index in [1.54, 1.807) is 0 Å². The predicted molar refractivity (Wildman–Crippen MR) is 275 cm³/mol. The van der Waals surface area contributed by atoms with E-state index >= 15 is 0 Å². The third-order valence-corrected chi connectivity index (χ3v) is 15.2. The average molecular weight is 841 g/mol. The van der Waals surface area contributed by atoms with Gasteiger partial charge in [0.1, 0.15) is 0 Å². The molecule has 2 nitrogen and oxygen atoms in total. The van der Waals surface area contributed by atoms with Crippen LogP contribution in [-0.4, -0.2) is 4.57 Å². The molecule has 10 aromatic carbocycles. The fourth-order valence-electron chi connectivity index (χ4n) is 12.5. The zero-order chi connectivity index (χ0) is 43.7. The van der Waals surface area contributed by atoms with Gasteiger partial charge in [-0.2, -0.15) is 0 Å². The molecule has 66 heavy (non-hydrogen) atoms. The van der Waals surface area contributed by atoms with Gasteiger partial charge in [-0.3, -0.25) is 0 Å². The normalized spacial score (nSPS) is 14.2. The van der Waals surface area contributed by atoms with Crippen LogP contribution < -0.4 is 4.90 Å². The summed E-state index contributed by atoms with van der Waals surface area (Å²) in [6.07, 6.45) is 0. The number of hydrogen-bond acceptors (Lipinski definition) is 1. The maximum atomic E-state index is 2.60. The number of benzene rings is 10. The summed E-state index contributed by atoms with van der Waals surface area (Å²) < 4.78 is 2.60. The Balaban J connectivity index is 1.10. The van der Waals surface area contributed by atoms with Crippen LogP contribution in [-0.2, 0) is 10.8 Å². The largest absolute Gasteiger partial charge is 0.309 e. The fraction of sp³-hybridized carbons (Fsp3) is 0.0625. The SMILES string of the molecule is CC1(C)c2ccccc2-c2cc(N(c3ccccc3-c3ccccc3)c3ccccc3-c3cccc4c3-n3c5ccccc5c5cccc(c53)C43c4ccccc4-c4ccccc43)ccc21. The molecule has 0 fully saturated rings. The van der Waals surface area contributed by atoms with Crippen molar-refractivity contribution in [2.75, 3.05) is 4.90 Å². The van der Waals surface area contributed by atoms with Crippen LogP contribution in [0.4, 0.5) is 17.1 Å². The molecule has 1 aromatic heterocycles. The summed E-state index contributed by atoms with van der Waals surface area (Å²) in [5, 5.41) is 2.54. The molecule has 0 N–H and O–H groups in total. The van der Waals surface area contributed by atoms with E-state index in [4.69, 9.17) is 0 Å². The second-order valence-corrected chi connectivity index (χ2v) is 18.7. The average Bonchev–Trinajstić information content (AvgIpc) is 3.95. The third kappa shape index (κ3) is 4.80. The van der Waals surface area contributed by atoms with E-state index < -0.39 is 5.41 Å². The molecule has 1 spiro atoms. The van der Waals surface area contributed by atoms with Crippen LogP contribution in [0.25, 0.3) is 72.0 Å². The summed E-state index contributed by atoms with van der Waals surface area (Å²) in [6.45, 7) is 4.73. The Morgan fingerprint density at radius 1 is 0.348 bits per heavy atom. The van der Waals surface area contributed by atoms with Gasteiger partial charge in [-0.15, -0.1) is 0 Å². The van der Waals surface area contributed by atoms with Crippen molar-refractivity contribution in [1.29, 1.82) is 0 Å². The molecule has 0 unspecified atom stereocenters. The van der Waals surface area contributed by atoms with Crippen molar-refractivity contribution in [1.82, 2.24) is 4.57 Å². The van der Waals surface area contributed by atoms with Crippen molar-refractivity contribution in [2.24, 2.45) is 0 Å². The molecule has 0 bridgehead atoms. The van der Waals surface area contributed by atoms with Gasteiger partial charge in [0.2, 0.25) is 0 Å². The van der Waals surface area contributed by atoms with E-state index in [1.807, 2.05) is 0 Å². The van der Waals surface area contributed by atoms with Crippen LogP contribution in [0.3, 0.4) is 0 Å². The van der Waals surface area contributed by atoms with E-state index in [9.17, 15) is 0 Å². The lowest BCUT2D eigenvalue weighted by atomic mass is 9.65. The van der Waals surface area contributed by atoms with E-state index in [1.165, 1.54) is 105 Å². The molecule has 2 aliphatic carbocycles. The molecule has 2 heteroatoms. The quantitative estimate of drug-likeness (QED) is 0.168. The van der Waals surface area contributed by atoms with Crippen LogP contribution >= 0.6 is 0 Å². The van der Waals surface area contributed by atoms with Crippen molar-refractivity contribution >= 4 is 38.9 Å². The predicted octanol–water partition coefficient (Wildman–Crippen LogP) is 16.6. The van der Waals surface area contributed by atoms with Gasteiger partial charge in [0.25, 0.3) is 0 Å². The third-order valence-electron chi connectivity index (χ3n) is 15.2. The second kappa shape index (κ2) is 13.7. The highest BCUT2D eigenvalue weighted by atomic mass is 15.1. The first-order valence-electron chi connectivity index (χ1n) is 23.2. The summed E-state index contributed by atoms with van der Waals surface area (Å²) in [7, 11) is 0. The number of rotatable bonds is 5. The number of fused-ring (bicyclic) bond motifs is 15. The van der Waals surface area contributed by atoms with Gasteiger partial charge in [-0.05, 0) is 91.5 Å². The highest BCUT2D eigenvalue weighted by Crippen LogP contribution is 2.62. The van der Waals surface area contributed by atoms with Gasteiger partial charge in [-0.1, -0.05) is 214 Å². The minimum atomic E-state index is -0.545. The molecule has 0 saturated carbocycles. The van der Waals surface area contributed by atoms with E-state index in [0.29, 0.717) is 0 Å². The van der Waals surface area contributed by atoms with Crippen LogP contribution in [0.1, 0.15) is 47.2 Å². The number of hydrogen-bond donors (Lipinski definition) is 0. The second-order valence-electron chi connectivity index (χ2n) is 18.7. The molecular weight excluding hydrogens is 797 g/mol. The number of para-hydroxylation sites is 5. The molecule has 0 atom stereocenters. The Kier molecular flexibility index (Phi) is 7.70. The summed E-state index contributed by atoms with van der Waals surface area (Å²) in [4.78, 5) is 2.53. The maximum absolute atomic E-state index is 2.60. The highest BCUT2D eigenvalue weighted by Gasteiger charge is 2.51. The van der Waals surface area contributed by atoms with Crippen molar-refractivity contribution < 1.29 is 0 Å². The Morgan fingerprint density at radius 2 is 0.848 bits per heavy atom. The van der Waals surface area contributed by atoms with Gasteiger partial charge < -0.3 is 9.47 Å². The first-order chi connectivity index (χ1) is 32.5. The van der Waals surface area contributed by atoms with Crippen LogP contribution in [0.15, 0.2) is 231 Å². The van der Waals surface area contributed by atoms with Gasteiger partial charge in [0, 0.05) is 38.6 Å². The zero-order valence-corrected chi connectivity index (χ0v) is 36.8. The molecule has 0 radical (unpaired) electrons. The molecule has 14 rings (SSSR count). The number of nitrogens with zero attached hydrogens (tertiary/aromatic N) is 2. The Bertz CT molecular complexity index is 3760. The van der Waals surface area contributed by atoms with Crippen LogP contribution in [0, 0.1) is 0 Å². The molecule has 1 aliphatic heterocycles. The smallest absolute Gasteiger partial charge is 0.0754 e. The lowest BCUT2D eigenvalue weighted by Crippen LogP contribution is -2.33. The first kappa shape index (κ1) is 37.2. The molecule has 0 amide bonds. The minimum Gasteiger partial charge on any atom is -0.309 e. The van der Waals surface area contributed by atoms with E-state index in [-0.39, 0.29) is 5.41 Å². The van der Waals surface area contributed by atoms with Crippen LogP contribution in [0.5, 0.6) is 0 Å². The minimum absolute atomic E-state index is 0.104. The Hall–Kier alpha value is -8.20. The number of anilines is 3. The standard InChI is InChI=1S/C64H44N2/c1-63(2)52-30-12-6-25-46(52)51-40-42(38-39-53(51)63)65(58-35-15-9-22-43(58)41-20-4-3-5-21-41)59-36-16-10-26-47(59)49-28-18-33-56-61(49)66-60-37-17-11-27-48(60)50-29-19-34-57(62(50)66)64(56)54-31-13-7-23-44(54)45-24-8-14-32-55(45)64/h3-40H,1-2H3. The monoisotopic (exact) mass is 840 g/mol. The molecule has 0 saturated heterocycles. The lowest BCUT2D eigenvalue weighted by Gasteiger charge is -2.40. The Morgan fingerprint density at radius 3 is 1.59 bits per heavy atom. The molecule has 2 heterocycles. The van der Waals surface area contributed by atoms with E-state index in [0.717, 1.165) is 17.1 Å². The van der Waals surface area contributed by atoms with Gasteiger partial charge >= 0.3 is 0 Å². The Labute approximate surface area is 385 Å². The molecule has 3 aliphatic rings. The number of aromatic nitrogens is 1. The summed E-state index contributed by atoms with van der Waals surface area (Å²) in [6, 6.07) is 86.4. The zero-order valence-electron chi connectivity index (χ0n) is 36.8. The summed E-state index contributed by atoms with van der Waals surface area (Å²) >= 11 is 0. The molecule has 11 aromatic rings. The lowest BCUT2D eigenvalue weighted by molar-refractivity contribution is 0.660. The summed E-state index contributed by atoms with van der Waals surface area (Å²) in [5.74, 6) is 0. The van der Waals surface area contributed by atoms with Gasteiger partial charge in [0.05, 0.1) is 33.5 Å². The van der Waals surface area contributed by atoms with Crippen molar-refractivity contribution in [3.05, 3.63) is 264 Å². The van der Waals surface area contributed by atoms with Crippen molar-refractivity contribution in [3.63, 3.8) is 0 Å². The van der Waals surface area contributed by atoms with Gasteiger partial charge in [-0.25, -0.2) is 0 Å². The van der Waals surface area contributed by atoms with Crippen molar-refractivity contribution in [2.45, 2.75) is 24.7 Å². The summed E-state index contributed by atoms with van der Waals surface area (Å²) in [5.41, 5.74) is 24.4. The van der Waals surface area contributed by atoms with Crippen LogP contribution in [0.2, 0.25) is 0 Å².